The molecule has 212 valence electrons. The third-order valence-corrected chi connectivity index (χ3v) is 10.6. The van der Waals surface area contributed by atoms with Crippen LogP contribution in [0.1, 0.15) is 5.56 Å². The summed E-state index contributed by atoms with van der Waals surface area (Å²) < 4.78 is 66.9. The van der Waals surface area contributed by atoms with Crippen molar-refractivity contribution in [2.24, 2.45) is 5.10 Å². The van der Waals surface area contributed by atoms with Crippen LogP contribution < -0.4 is 14.9 Å². The minimum absolute atomic E-state index is 0.00848. The van der Waals surface area contributed by atoms with Gasteiger partial charge in [-0.15, -0.1) is 0 Å². The average molecular weight is 652 g/mol. The highest BCUT2D eigenvalue weighted by molar-refractivity contribution is 9.10. The molecule has 1 atom stereocenters. The topological polar surface area (TPSA) is 135 Å². The molecule has 0 aliphatic carbocycles. The fourth-order valence-corrected chi connectivity index (χ4v) is 7.86. The number of halogens is 1. The van der Waals surface area contributed by atoms with Crippen molar-refractivity contribution in [3.63, 3.8) is 0 Å². The monoisotopic (exact) mass is 650 g/mol. The molecule has 1 N–H and O–H groups in total. The Kier molecular flexibility index (Phi) is 9.26. The molecule has 4 rings (SSSR count). The van der Waals surface area contributed by atoms with Crippen LogP contribution in [0.25, 0.3) is 0 Å². The van der Waals surface area contributed by atoms with Gasteiger partial charge in [-0.2, -0.15) is 13.7 Å². The van der Waals surface area contributed by atoms with Gasteiger partial charge in [0, 0.05) is 19.6 Å². The van der Waals surface area contributed by atoms with E-state index in [1.807, 2.05) is 0 Å². The number of piperazine rings is 1. The second-order valence-corrected chi connectivity index (χ2v) is 13.3. The van der Waals surface area contributed by atoms with Crippen LogP contribution in [0.3, 0.4) is 0 Å². The van der Waals surface area contributed by atoms with Crippen LogP contribution in [0, 0.1) is 0 Å². The van der Waals surface area contributed by atoms with E-state index in [4.69, 9.17) is 9.47 Å². The predicted octanol–water partition coefficient (Wildman–Crippen LogP) is 2.68. The summed E-state index contributed by atoms with van der Waals surface area (Å²) in [7, 11) is -5.13. The van der Waals surface area contributed by atoms with Gasteiger partial charge in [0.25, 0.3) is 5.91 Å². The van der Waals surface area contributed by atoms with Crippen molar-refractivity contribution < 1.29 is 31.1 Å². The fourth-order valence-electron chi connectivity index (χ4n) is 4.19. The predicted molar refractivity (Wildman–Crippen MR) is 152 cm³/mol. The minimum atomic E-state index is -4.13. The number of benzene rings is 3. The van der Waals surface area contributed by atoms with Gasteiger partial charge >= 0.3 is 0 Å². The number of amides is 1. The van der Waals surface area contributed by atoms with Gasteiger partial charge in [-0.1, -0.05) is 36.4 Å². The molecule has 0 aromatic heterocycles. The van der Waals surface area contributed by atoms with Crippen LogP contribution in [0.4, 0.5) is 0 Å². The highest BCUT2D eigenvalue weighted by atomic mass is 79.9. The van der Waals surface area contributed by atoms with Crippen molar-refractivity contribution in [2.75, 3.05) is 33.9 Å². The Bertz CT molecular complexity index is 1600. The lowest BCUT2D eigenvalue weighted by Crippen LogP contribution is -2.60. The van der Waals surface area contributed by atoms with E-state index in [0.29, 0.717) is 21.5 Å². The lowest BCUT2D eigenvalue weighted by Gasteiger charge is -2.38. The zero-order chi connectivity index (χ0) is 28.9. The molecule has 1 fully saturated rings. The van der Waals surface area contributed by atoms with Crippen LogP contribution in [0.15, 0.2) is 92.2 Å². The number of rotatable bonds is 9. The molecular formula is C26H27BrN4O7S2. The van der Waals surface area contributed by atoms with Crippen molar-refractivity contribution in [3.05, 3.63) is 82.8 Å². The fraction of sp³-hybridized carbons (Fsp3) is 0.231. The molecule has 1 amide bonds. The van der Waals surface area contributed by atoms with Gasteiger partial charge in [0.2, 0.25) is 20.0 Å². The molecule has 0 saturated carbocycles. The summed E-state index contributed by atoms with van der Waals surface area (Å²) in [5.74, 6) is 0.120. The molecular weight excluding hydrogens is 624 g/mol. The van der Waals surface area contributed by atoms with Gasteiger partial charge in [0.05, 0.1) is 34.7 Å². The highest BCUT2D eigenvalue weighted by Crippen LogP contribution is 2.35. The van der Waals surface area contributed by atoms with Crippen molar-refractivity contribution in [3.8, 4) is 11.5 Å². The summed E-state index contributed by atoms with van der Waals surface area (Å²) >= 11 is 3.39. The number of carbonyl (C=O) groups excluding carboxylic acids is 1. The van der Waals surface area contributed by atoms with Gasteiger partial charge < -0.3 is 9.47 Å². The largest absolute Gasteiger partial charge is 0.493 e. The first-order valence-electron chi connectivity index (χ1n) is 12.0. The number of nitrogens with zero attached hydrogens (tertiary/aromatic N) is 3. The van der Waals surface area contributed by atoms with Gasteiger partial charge in [-0.05, 0) is 57.9 Å². The molecule has 0 radical (unpaired) electrons. The Hall–Kier alpha value is -3.30. The zero-order valence-corrected chi connectivity index (χ0v) is 24.8. The quantitative estimate of drug-likeness (QED) is 0.278. The molecule has 1 saturated heterocycles. The lowest BCUT2D eigenvalue weighted by atomic mass is 10.2. The maximum Gasteiger partial charge on any atom is 0.259 e. The molecule has 1 aliphatic rings. The van der Waals surface area contributed by atoms with Gasteiger partial charge in [0.15, 0.2) is 11.5 Å². The molecule has 0 bridgehead atoms. The van der Waals surface area contributed by atoms with Crippen LogP contribution in [0.2, 0.25) is 0 Å². The molecule has 3 aromatic rings. The van der Waals surface area contributed by atoms with Crippen molar-refractivity contribution >= 4 is 48.1 Å². The number of methoxy groups -OCH3 is 2. The lowest BCUT2D eigenvalue weighted by molar-refractivity contribution is -0.125. The van der Waals surface area contributed by atoms with E-state index in [-0.39, 0.29) is 22.9 Å². The van der Waals surface area contributed by atoms with Crippen LogP contribution in [0.5, 0.6) is 11.5 Å². The van der Waals surface area contributed by atoms with E-state index in [2.05, 4.69) is 26.5 Å². The van der Waals surface area contributed by atoms with E-state index >= 15 is 0 Å². The van der Waals surface area contributed by atoms with E-state index in [1.54, 1.807) is 48.5 Å². The molecule has 3 aromatic carbocycles. The van der Waals surface area contributed by atoms with Crippen molar-refractivity contribution in [2.45, 2.75) is 15.8 Å². The summed E-state index contributed by atoms with van der Waals surface area (Å²) in [4.78, 5) is 13.4. The first-order chi connectivity index (χ1) is 19.1. The van der Waals surface area contributed by atoms with E-state index < -0.39 is 38.5 Å². The first kappa shape index (κ1) is 29.7. The summed E-state index contributed by atoms with van der Waals surface area (Å²) in [6, 6.07) is 17.4. The molecule has 11 nitrogen and oxygen atoms in total. The minimum Gasteiger partial charge on any atom is -0.493 e. The smallest absolute Gasteiger partial charge is 0.259 e. The summed E-state index contributed by atoms with van der Waals surface area (Å²) in [5, 5.41) is 3.99. The summed E-state index contributed by atoms with van der Waals surface area (Å²) in [6.07, 6.45) is 1.35. The van der Waals surface area contributed by atoms with Crippen molar-refractivity contribution in [1.29, 1.82) is 0 Å². The third-order valence-electron chi connectivity index (χ3n) is 6.17. The Balaban J connectivity index is 1.62. The summed E-state index contributed by atoms with van der Waals surface area (Å²) in [5.41, 5.74) is 2.92. The standard InChI is InChI=1S/C26H27BrN4O7S2/c1-37-24-16-19(15-22(27)25(24)38-2)17-28-29-26(32)23-18-30(39(33,34)20-9-5-3-6-10-20)13-14-31(23)40(35,36)21-11-7-4-8-12-21/h3-12,15-17,23H,13-14,18H2,1-2H3,(H,29,32)/b28-17-/t23-/m0/s1. The number of ether oxygens (including phenoxy) is 2. The number of nitrogens with one attached hydrogen (secondary N) is 1. The van der Waals surface area contributed by atoms with E-state index in [1.165, 1.54) is 44.7 Å². The van der Waals surface area contributed by atoms with E-state index in [9.17, 15) is 21.6 Å². The average Bonchev–Trinajstić information content (AvgIpc) is 2.97. The SMILES string of the molecule is COc1cc(/C=N\NC(=O)[C@@H]2CN(S(=O)(=O)c3ccccc3)CCN2S(=O)(=O)c2ccccc2)cc(Br)c1OC. The van der Waals surface area contributed by atoms with E-state index in [0.717, 1.165) is 8.61 Å². The first-order valence-corrected chi connectivity index (χ1v) is 15.6. The zero-order valence-electron chi connectivity index (χ0n) is 21.6. The van der Waals surface area contributed by atoms with Crippen molar-refractivity contribution in [1.82, 2.24) is 14.0 Å². The van der Waals surface area contributed by atoms with Crippen LogP contribution in [-0.4, -0.2) is 77.5 Å². The molecule has 1 aliphatic heterocycles. The second kappa shape index (κ2) is 12.5. The highest BCUT2D eigenvalue weighted by Gasteiger charge is 2.43. The van der Waals surface area contributed by atoms with Gasteiger partial charge in [-0.3, -0.25) is 4.79 Å². The molecule has 14 heteroatoms. The van der Waals surface area contributed by atoms with Gasteiger partial charge in [-0.25, -0.2) is 22.3 Å². The molecule has 0 spiro atoms. The summed E-state index contributed by atoms with van der Waals surface area (Å²) in [6.45, 7) is -0.754. The number of hydrogen-bond donors (Lipinski definition) is 1. The molecule has 0 unspecified atom stereocenters. The van der Waals surface area contributed by atoms with Crippen LogP contribution in [-0.2, 0) is 24.8 Å². The Morgan fingerprint density at radius 3 is 2.10 bits per heavy atom. The Labute approximate surface area is 241 Å². The Morgan fingerprint density at radius 2 is 1.52 bits per heavy atom. The van der Waals surface area contributed by atoms with Crippen LogP contribution >= 0.6 is 15.9 Å². The number of carbonyl (C=O) groups is 1. The van der Waals surface area contributed by atoms with Gasteiger partial charge in [0.1, 0.15) is 6.04 Å². The number of hydrogen-bond acceptors (Lipinski definition) is 8. The third kappa shape index (κ3) is 6.20. The molecule has 40 heavy (non-hydrogen) atoms. The number of sulfonamides is 2. The Morgan fingerprint density at radius 1 is 0.925 bits per heavy atom. The maximum atomic E-state index is 13.5. The normalized spacial score (nSPS) is 17.0. The maximum absolute atomic E-state index is 13.5. The second-order valence-electron chi connectivity index (χ2n) is 8.59. The number of hydrazone groups is 1. The molecule has 1 heterocycles.